The van der Waals surface area contributed by atoms with Gasteiger partial charge >= 0.3 is 0 Å². The first-order chi connectivity index (χ1) is 9.89. The molecule has 1 aliphatic carbocycles. The average Bonchev–Trinajstić information content (AvgIpc) is 2.43. The Kier molecular flexibility index (Phi) is 8.25. The van der Waals surface area contributed by atoms with E-state index in [0.717, 1.165) is 31.7 Å². The monoisotopic (exact) mass is 317 g/mol. The van der Waals surface area contributed by atoms with Crippen LogP contribution in [-0.2, 0) is 9.84 Å². The zero-order valence-corrected chi connectivity index (χ0v) is 15.2. The molecule has 0 aliphatic heterocycles. The summed E-state index contributed by atoms with van der Waals surface area (Å²) in [4.78, 5) is 0. The second-order valence-corrected chi connectivity index (χ2v) is 9.38. The first-order valence-corrected chi connectivity index (χ1v) is 10.7. The molecule has 1 N–H and O–H groups in total. The second kappa shape index (κ2) is 9.14. The summed E-state index contributed by atoms with van der Waals surface area (Å²) in [6.07, 6.45) is 6.41. The van der Waals surface area contributed by atoms with Crippen molar-refractivity contribution in [3.63, 3.8) is 0 Å². The van der Waals surface area contributed by atoms with Gasteiger partial charge in [0.2, 0.25) is 0 Å². The number of rotatable bonds is 9. The van der Waals surface area contributed by atoms with E-state index < -0.39 is 9.84 Å². The molecule has 0 bridgehead atoms. The van der Waals surface area contributed by atoms with Crippen LogP contribution in [0.25, 0.3) is 0 Å². The van der Waals surface area contributed by atoms with E-state index in [1.807, 2.05) is 6.92 Å². The molecule has 126 valence electrons. The minimum Gasteiger partial charge on any atom is -0.314 e. The summed E-state index contributed by atoms with van der Waals surface area (Å²) < 4.78 is 24.0. The SMILES string of the molecule is CCCNC1CCC(C(C)C)CC1CCS(=O)(=O)CCC. The Morgan fingerprint density at radius 1 is 1.10 bits per heavy atom. The van der Waals surface area contributed by atoms with Crippen LogP contribution in [0.2, 0.25) is 0 Å². The normalized spacial score (nSPS) is 27.2. The third kappa shape index (κ3) is 6.68. The summed E-state index contributed by atoms with van der Waals surface area (Å²) in [6.45, 7) is 9.78. The summed E-state index contributed by atoms with van der Waals surface area (Å²) in [7, 11) is -2.84. The molecule has 1 rings (SSSR count). The Balaban J connectivity index is 2.60. The first kappa shape index (κ1) is 19.0. The number of hydrogen-bond donors (Lipinski definition) is 1. The molecule has 3 nitrogen and oxygen atoms in total. The molecule has 4 heteroatoms. The Morgan fingerprint density at radius 2 is 1.81 bits per heavy atom. The molecule has 0 radical (unpaired) electrons. The van der Waals surface area contributed by atoms with E-state index in [1.165, 1.54) is 19.3 Å². The van der Waals surface area contributed by atoms with Crippen LogP contribution in [0, 0.1) is 17.8 Å². The predicted octanol–water partition coefficient (Wildman–Crippen LogP) is 3.64. The van der Waals surface area contributed by atoms with Crippen LogP contribution >= 0.6 is 0 Å². The molecule has 1 saturated carbocycles. The largest absolute Gasteiger partial charge is 0.314 e. The van der Waals surface area contributed by atoms with Gasteiger partial charge in [-0.2, -0.15) is 0 Å². The van der Waals surface area contributed by atoms with Crippen molar-refractivity contribution >= 4 is 9.84 Å². The van der Waals surface area contributed by atoms with Crippen LogP contribution in [0.1, 0.15) is 66.2 Å². The zero-order valence-electron chi connectivity index (χ0n) is 14.4. The van der Waals surface area contributed by atoms with Gasteiger partial charge < -0.3 is 5.32 Å². The molecule has 1 aliphatic rings. The van der Waals surface area contributed by atoms with Gasteiger partial charge in [0, 0.05) is 11.8 Å². The van der Waals surface area contributed by atoms with E-state index in [0.29, 0.717) is 29.4 Å². The zero-order chi connectivity index (χ0) is 15.9. The van der Waals surface area contributed by atoms with Gasteiger partial charge in [0.05, 0.1) is 5.75 Å². The first-order valence-electron chi connectivity index (χ1n) is 8.83. The lowest BCUT2D eigenvalue weighted by Crippen LogP contribution is -2.42. The standard InChI is InChI=1S/C17H35NO2S/c1-5-10-18-17-8-7-15(14(3)4)13-16(17)9-12-21(19,20)11-6-2/h14-18H,5-13H2,1-4H3. The van der Waals surface area contributed by atoms with E-state index in [2.05, 4.69) is 26.1 Å². The molecular weight excluding hydrogens is 282 g/mol. The third-order valence-corrected chi connectivity index (χ3v) is 6.83. The summed E-state index contributed by atoms with van der Waals surface area (Å²) >= 11 is 0. The summed E-state index contributed by atoms with van der Waals surface area (Å²) in [6, 6.07) is 0.525. The highest BCUT2D eigenvalue weighted by Crippen LogP contribution is 2.35. The lowest BCUT2D eigenvalue weighted by Gasteiger charge is -2.38. The molecule has 3 unspecified atom stereocenters. The summed E-state index contributed by atoms with van der Waals surface area (Å²) in [5.41, 5.74) is 0. The van der Waals surface area contributed by atoms with Crippen molar-refractivity contribution in [2.45, 2.75) is 72.3 Å². The lowest BCUT2D eigenvalue weighted by atomic mass is 9.72. The van der Waals surface area contributed by atoms with Crippen LogP contribution in [0.3, 0.4) is 0 Å². The molecule has 3 atom stereocenters. The highest BCUT2D eigenvalue weighted by Gasteiger charge is 2.32. The molecule has 0 aromatic carbocycles. The van der Waals surface area contributed by atoms with Gasteiger partial charge in [-0.1, -0.05) is 27.7 Å². The van der Waals surface area contributed by atoms with Crippen LogP contribution in [0.15, 0.2) is 0 Å². The molecule has 0 amide bonds. The fraction of sp³-hybridized carbons (Fsp3) is 1.00. The smallest absolute Gasteiger partial charge is 0.150 e. The van der Waals surface area contributed by atoms with Gasteiger partial charge in [-0.25, -0.2) is 8.42 Å². The topological polar surface area (TPSA) is 46.2 Å². The van der Waals surface area contributed by atoms with E-state index in [4.69, 9.17) is 0 Å². The van der Waals surface area contributed by atoms with Gasteiger partial charge in [0.1, 0.15) is 9.84 Å². The minimum absolute atomic E-state index is 0.348. The molecule has 21 heavy (non-hydrogen) atoms. The average molecular weight is 318 g/mol. The van der Waals surface area contributed by atoms with Gasteiger partial charge in [-0.15, -0.1) is 0 Å². The fourth-order valence-electron chi connectivity index (χ4n) is 3.57. The third-order valence-electron chi connectivity index (χ3n) is 4.94. The maximum absolute atomic E-state index is 12.0. The molecule has 0 heterocycles. The van der Waals surface area contributed by atoms with Crippen LogP contribution < -0.4 is 5.32 Å². The van der Waals surface area contributed by atoms with Crippen molar-refractivity contribution < 1.29 is 8.42 Å². The lowest BCUT2D eigenvalue weighted by molar-refractivity contribution is 0.165. The van der Waals surface area contributed by atoms with Crippen molar-refractivity contribution in [1.29, 1.82) is 0 Å². The Labute approximate surface area is 132 Å². The Morgan fingerprint density at radius 3 is 2.38 bits per heavy atom. The summed E-state index contributed by atoms with van der Waals surface area (Å²) in [5.74, 6) is 2.74. The molecule has 0 spiro atoms. The Bertz CT molecular complexity index is 378. The van der Waals surface area contributed by atoms with Crippen LogP contribution in [0.4, 0.5) is 0 Å². The van der Waals surface area contributed by atoms with E-state index >= 15 is 0 Å². The second-order valence-electron chi connectivity index (χ2n) is 7.08. The molecule has 0 saturated heterocycles. The van der Waals surface area contributed by atoms with Crippen molar-refractivity contribution in [1.82, 2.24) is 5.32 Å². The number of nitrogens with one attached hydrogen (secondary N) is 1. The van der Waals surface area contributed by atoms with Gasteiger partial charge in [-0.3, -0.25) is 0 Å². The molecule has 0 aromatic heterocycles. The van der Waals surface area contributed by atoms with E-state index in [-0.39, 0.29) is 0 Å². The van der Waals surface area contributed by atoms with Gasteiger partial charge in [0.15, 0.2) is 0 Å². The highest BCUT2D eigenvalue weighted by molar-refractivity contribution is 7.91. The van der Waals surface area contributed by atoms with Crippen LogP contribution in [0.5, 0.6) is 0 Å². The van der Waals surface area contributed by atoms with Crippen molar-refractivity contribution in [3.8, 4) is 0 Å². The predicted molar refractivity (Wildman–Crippen MR) is 91.3 cm³/mol. The molecule has 1 fully saturated rings. The van der Waals surface area contributed by atoms with E-state index in [9.17, 15) is 8.42 Å². The number of sulfone groups is 1. The van der Waals surface area contributed by atoms with Crippen molar-refractivity contribution in [3.05, 3.63) is 0 Å². The minimum atomic E-state index is -2.84. The van der Waals surface area contributed by atoms with Gasteiger partial charge in [-0.05, 0) is 62.8 Å². The summed E-state index contributed by atoms with van der Waals surface area (Å²) in [5, 5.41) is 3.65. The maximum atomic E-state index is 12.0. The van der Waals surface area contributed by atoms with E-state index in [1.54, 1.807) is 0 Å². The molecular formula is C17H35NO2S. The molecule has 0 aromatic rings. The van der Waals surface area contributed by atoms with Crippen molar-refractivity contribution in [2.75, 3.05) is 18.1 Å². The maximum Gasteiger partial charge on any atom is 0.150 e. The number of hydrogen-bond acceptors (Lipinski definition) is 3. The van der Waals surface area contributed by atoms with Crippen molar-refractivity contribution in [2.24, 2.45) is 17.8 Å². The quantitative estimate of drug-likeness (QED) is 0.706. The highest BCUT2D eigenvalue weighted by atomic mass is 32.2. The fourth-order valence-corrected chi connectivity index (χ4v) is 5.06. The Hall–Kier alpha value is -0.0900. The van der Waals surface area contributed by atoms with Crippen LogP contribution in [-0.4, -0.2) is 32.5 Å². The van der Waals surface area contributed by atoms with Gasteiger partial charge in [0.25, 0.3) is 0 Å².